The van der Waals surface area contributed by atoms with Gasteiger partial charge in [0.25, 0.3) is 0 Å². The molecule has 0 radical (unpaired) electrons. The van der Waals surface area contributed by atoms with Crippen molar-refractivity contribution in [3.8, 4) is 11.1 Å². The Morgan fingerprint density at radius 3 is 1.97 bits per heavy atom. The zero-order valence-corrected chi connectivity index (χ0v) is 34.3. The summed E-state index contributed by atoms with van der Waals surface area (Å²) in [5.74, 6) is -2.22. The first kappa shape index (κ1) is 42.2. The molecule has 0 spiro atoms. The van der Waals surface area contributed by atoms with Crippen molar-refractivity contribution in [2.45, 2.75) is 62.8 Å². The number of fused-ring (bicyclic) bond motifs is 3. The summed E-state index contributed by atoms with van der Waals surface area (Å²) in [5, 5.41) is 17.2. The first-order chi connectivity index (χ1) is 28.9. The fraction of sp³-hybridized carbons (Fsp3) is 0.327. The summed E-state index contributed by atoms with van der Waals surface area (Å²) < 4.78 is 33.9. The Morgan fingerprint density at radius 1 is 0.767 bits per heavy atom. The van der Waals surface area contributed by atoms with Gasteiger partial charge in [0.05, 0.1) is 45.8 Å². The standard InChI is InChI=1S/C49H52F2N4O5/c1-55(2,3)29-9-8-14-43(53-49(59)60-31-42-40-12-6-4-10-38(40)39-11-5-7-13-41(39)42)47(57)52-30-33-15-20-34(21-16-33)46-45(44(56)28-19-32-17-22-35(50)23-18-32)48(58)54(46)37-26-24-36(51)25-27-37/h4-7,10-13,15-18,20-27,42-46,56H,8-9,14,19,28-31H2,1-3H3,(H-,52,53,57,59)/p+1. The van der Waals surface area contributed by atoms with Crippen molar-refractivity contribution >= 4 is 23.6 Å². The molecule has 1 fully saturated rings. The summed E-state index contributed by atoms with van der Waals surface area (Å²) in [6.07, 6.45) is 1.17. The third-order valence-electron chi connectivity index (χ3n) is 11.6. The normalized spacial score (nSPS) is 17.0. The van der Waals surface area contributed by atoms with Crippen molar-refractivity contribution in [3.05, 3.63) is 161 Å². The number of nitrogens with one attached hydrogen (secondary N) is 2. The summed E-state index contributed by atoms with van der Waals surface area (Å²) in [6, 6.07) is 34.1. The molecule has 11 heteroatoms. The summed E-state index contributed by atoms with van der Waals surface area (Å²) in [7, 11) is 6.35. The molecule has 7 rings (SSSR count). The first-order valence-electron chi connectivity index (χ1n) is 20.7. The third-order valence-corrected chi connectivity index (χ3v) is 11.6. The molecule has 1 saturated heterocycles. The maximum absolute atomic E-state index is 13.8. The van der Waals surface area contributed by atoms with Gasteiger partial charge in [-0.3, -0.25) is 9.59 Å². The van der Waals surface area contributed by atoms with Gasteiger partial charge in [-0.05, 0) is 107 Å². The predicted octanol–water partition coefficient (Wildman–Crippen LogP) is 8.06. The van der Waals surface area contributed by atoms with E-state index in [1.165, 1.54) is 24.3 Å². The Kier molecular flexibility index (Phi) is 13.1. The van der Waals surface area contributed by atoms with Gasteiger partial charge in [0, 0.05) is 18.2 Å². The molecule has 3 amide bonds. The van der Waals surface area contributed by atoms with E-state index < -0.39 is 36.0 Å². The molecule has 0 bridgehead atoms. The van der Waals surface area contributed by atoms with Crippen LogP contribution in [0.15, 0.2) is 121 Å². The van der Waals surface area contributed by atoms with Crippen LogP contribution in [-0.2, 0) is 27.3 Å². The molecule has 9 nitrogen and oxygen atoms in total. The minimum absolute atomic E-state index is 0.108. The number of carbonyl (C=O) groups excluding carboxylic acids is 3. The van der Waals surface area contributed by atoms with Crippen LogP contribution in [-0.4, -0.2) is 73.9 Å². The second-order valence-corrected chi connectivity index (χ2v) is 16.9. The van der Waals surface area contributed by atoms with Crippen molar-refractivity contribution in [2.24, 2.45) is 5.92 Å². The number of halogens is 2. The van der Waals surface area contributed by atoms with E-state index >= 15 is 0 Å². The van der Waals surface area contributed by atoms with Gasteiger partial charge in [0.2, 0.25) is 11.8 Å². The van der Waals surface area contributed by atoms with Crippen molar-refractivity contribution < 1.29 is 37.5 Å². The Balaban J connectivity index is 1.00. The Bertz CT molecular complexity index is 2230. The SMILES string of the molecule is C[N+](C)(C)CCCCC(NC(=O)OCC1c2ccccc2-c2ccccc21)C(=O)NCc1ccc(C2C(C(O)CCc3ccc(F)cc3)C(=O)N2c2ccc(F)cc2)cc1. The lowest BCUT2D eigenvalue weighted by atomic mass is 9.76. The fourth-order valence-electron chi connectivity index (χ4n) is 8.41. The second kappa shape index (κ2) is 18.6. The highest BCUT2D eigenvalue weighted by Crippen LogP contribution is 2.46. The maximum Gasteiger partial charge on any atom is 0.407 e. The molecule has 1 heterocycles. The number of hydrogen-bond donors (Lipinski definition) is 3. The quantitative estimate of drug-likeness (QED) is 0.0501. The molecule has 312 valence electrons. The number of alkyl carbamates (subject to hydrolysis) is 1. The van der Waals surface area contributed by atoms with Crippen molar-refractivity contribution in [3.63, 3.8) is 0 Å². The van der Waals surface area contributed by atoms with E-state index in [2.05, 4.69) is 56.0 Å². The molecule has 5 aromatic rings. The van der Waals surface area contributed by atoms with Gasteiger partial charge in [0.15, 0.2) is 0 Å². The van der Waals surface area contributed by atoms with E-state index in [4.69, 9.17) is 4.74 Å². The molecule has 4 atom stereocenters. The van der Waals surface area contributed by atoms with E-state index in [0.717, 1.165) is 62.8 Å². The van der Waals surface area contributed by atoms with Crippen molar-refractivity contribution in [2.75, 3.05) is 39.2 Å². The number of hydrogen-bond acceptors (Lipinski definition) is 5. The van der Waals surface area contributed by atoms with Crippen LogP contribution in [0.2, 0.25) is 0 Å². The van der Waals surface area contributed by atoms with E-state index in [-0.39, 0.29) is 36.7 Å². The van der Waals surface area contributed by atoms with E-state index in [0.29, 0.717) is 24.9 Å². The third kappa shape index (κ3) is 9.92. The number of aryl methyl sites for hydroxylation is 1. The molecular weight excluding hydrogens is 763 g/mol. The molecule has 5 aromatic carbocycles. The van der Waals surface area contributed by atoms with E-state index in [1.807, 2.05) is 48.5 Å². The topological polar surface area (TPSA) is 108 Å². The van der Waals surface area contributed by atoms with Gasteiger partial charge in [-0.1, -0.05) is 84.9 Å². The molecule has 4 unspecified atom stereocenters. The van der Waals surface area contributed by atoms with Gasteiger partial charge in [-0.25, -0.2) is 13.6 Å². The van der Waals surface area contributed by atoms with Crippen molar-refractivity contribution in [1.82, 2.24) is 10.6 Å². The second-order valence-electron chi connectivity index (χ2n) is 16.9. The molecule has 60 heavy (non-hydrogen) atoms. The Hall–Kier alpha value is -5.91. The Labute approximate surface area is 350 Å². The number of amides is 3. The van der Waals surface area contributed by atoms with E-state index in [9.17, 15) is 28.3 Å². The average molecular weight is 816 g/mol. The lowest BCUT2D eigenvalue weighted by Gasteiger charge is -2.49. The molecule has 3 N–H and O–H groups in total. The van der Waals surface area contributed by atoms with Gasteiger partial charge < -0.3 is 29.9 Å². The van der Waals surface area contributed by atoms with Crippen LogP contribution in [0, 0.1) is 17.6 Å². The summed E-state index contributed by atoms with van der Waals surface area (Å²) in [5.41, 5.74) is 7.40. The minimum atomic E-state index is -0.980. The number of ether oxygens (including phenoxy) is 1. The van der Waals surface area contributed by atoms with Crippen LogP contribution in [0.4, 0.5) is 19.3 Å². The summed E-state index contributed by atoms with van der Waals surface area (Å²) in [6.45, 7) is 1.25. The summed E-state index contributed by atoms with van der Waals surface area (Å²) >= 11 is 0. The summed E-state index contributed by atoms with van der Waals surface area (Å²) in [4.78, 5) is 42.2. The maximum atomic E-state index is 13.8. The minimum Gasteiger partial charge on any atom is -0.449 e. The number of β-lactam (4-membered cyclic amide) rings is 1. The number of carbonyl (C=O) groups is 3. The lowest BCUT2D eigenvalue weighted by Crippen LogP contribution is -2.59. The molecule has 0 saturated carbocycles. The number of quaternary nitrogens is 1. The molecular formula is C49H53F2N4O5+. The Morgan fingerprint density at radius 2 is 1.35 bits per heavy atom. The zero-order valence-electron chi connectivity index (χ0n) is 34.3. The fourth-order valence-corrected chi connectivity index (χ4v) is 8.41. The molecule has 2 aliphatic rings. The van der Waals surface area contributed by atoms with Crippen LogP contribution >= 0.6 is 0 Å². The largest absolute Gasteiger partial charge is 0.449 e. The number of aliphatic hydroxyl groups excluding tert-OH is 1. The zero-order chi connectivity index (χ0) is 42.4. The average Bonchev–Trinajstić information content (AvgIpc) is 3.56. The number of anilines is 1. The van der Waals surface area contributed by atoms with Crippen LogP contribution in [0.1, 0.15) is 65.5 Å². The van der Waals surface area contributed by atoms with Crippen LogP contribution in [0.25, 0.3) is 11.1 Å². The first-order valence-corrected chi connectivity index (χ1v) is 20.7. The number of unbranched alkanes of at least 4 members (excludes halogenated alkanes) is 1. The number of rotatable bonds is 17. The predicted molar refractivity (Wildman–Crippen MR) is 228 cm³/mol. The molecule has 1 aliphatic carbocycles. The molecule has 0 aromatic heterocycles. The highest BCUT2D eigenvalue weighted by Gasteiger charge is 2.52. The number of aliphatic hydroxyl groups is 1. The van der Waals surface area contributed by atoms with Gasteiger partial charge >= 0.3 is 6.09 Å². The van der Waals surface area contributed by atoms with E-state index in [1.54, 1.807) is 29.2 Å². The number of nitrogens with zero attached hydrogens (tertiary/aromatic N) is 2. The highest BCUT2D eigenvalue weighted by molar-refractivity contribution is 6.03. The van der Waals surface area contributed by atoms with Gasteiger partial charge in [-0.2, -0.15) is 0 Å². The highest BCUT2D eigenvalue weighted by atomic mass is 19.1. The van der Waals surface area contributed by atoms with Crippen LogP contribution < -0.4 is 15.5 Å². The van der Waals surface area contributed by atoms with Gasteiger partial charge in [0.1, 0.15) is 24.3 Å². The smallest absolute Gasteiger partial charge is 0.407 e. The molecule has 1 aliphatic heterocycles. The monoisotopic (exact) mass is 815 g/mol. The van der Waals surface area contributed by atoms with Crippen LogP contribution in [0.3, 0.4) is 0 Å². The number of benzene rings is 5. The van der Waals surface area contributed by atoms with Crippen molar-refractivity contribution in [1.29, 1.82) is 0 Å². The van der Waals surface area contributed by atoms with Crippen LogP contribution in [0.5, 0.6) is 0 Å². The lowest BCUT2D eigenvalue weighted by molar-refractivity contribution is -0.870. The van der Waals surface area contributed by atoms with Gasteiger partial charge in [-0.15, -0.1) is 0 Å².